The summed E-state index contributed by atoms with van der Waals surface area (Å²) in [7, 11) is 1.64. The number of methoxy groups -OCH3 is 1. The predicted octanol–water partition coefficient (Wildman–Crippen LogP) is 3.22. The van der Waals surface area contributed by atoms with Crippen LogP contribution >= 0.6 is 0 Å². The molecule has 5 nitrogen and oxygen atoms in total. The van der Waals surface area contributed by atoms with Crippen molar-refractivity contribution in [2.24, 2.45) is 0 Å². The van der Waals surface area contributed by atoms with Crippen molar-refractivity contribution in [3.63, 3.8) is 0 Å². The highest BCUT2D eigenvalue weighted by Crippen LogP contribution is 2.30. The number of carbonyl (C=O) groups excluding carboxylic acids is 1. The third-order valence-electron chi connectivity index (χ3n) is 4.85. The number of hydrogen-bond acceptors (Lipinski definition) is 3. The number of ether oxygens (including phenoxy) is 1. The summed E-state index contributed by atoms with van der Waals surface area (Å²) in [5.74, 6) is 1.79. The number of imidazole rings is 1. The zero-order valence-corrected chi connectivity index (χ0v) is 14.7. The molecule has 26 heavy (non-hydrogen) atoms. The van der Waals surface area contributed by atoms with Gasteiger partial charge in [0.1, 0.15) is 11.6 Å². The molecule has 4 rings (SSSR count). The number of fused-ring (bicyclic) bond motifs is 1. The van der Waals surface area contributed by atoms with Crippen molar-refractivity contribution in [1.82, 2.24) is 14.5 Å². The first-order chi connectivity index (χ1) is 12.7. The maximum absolute atomic E-state index is 13.1. The van der Waals surface area contributed by atoms with E-state index >= 15 is 0 Å². The van der Waals surface area contributed by atoms with E-state index in [2.05, 4.69) is 21.7 Å². The van der Waals surface area contributed by atoms with Crippen LogP contribution in [0.15, 0.2) is 67.0 Å². The van der Waals surface area contributed by atoms with E-state index in [-0.39, 0.29) is 11.9 Å². The summed E-state index contributed by atoms with van der Waals surface area (Å²) in [5.41, 5.74) is 2.10. The molecule has 0 spiro atoms. The van der Waals surface area contributed by atoms with Crippen LogP contribution in [-0.2, 0) is 24.3 Å². The number of benzene rings is 2. The highest BCUT2D eigenvalue weighted by Gasteiger charge is 2.31. The maximum Gasteiger partial charge on any atom is 0.227 e. The fourth-order valence-electron chi connectivity index (χ4n) is 3.49. The van der Waals surface area contributed by atoms with Crippen molar-refractivity contribution in [1.29, 1.82) is 0 Å². The number of hydrogen-bond donors (Lipinski definition) is 0. The van der Waals surface area contributed by atoms with Crippen molar-refractivity contribution in [3.8, 4) is 5.75 Å². The minimum Gasteiger partial charge on any atom is -0.497 e. The second-order valence-electron chi connectivity index (χ2n) is 6.47. The zero-order chi connectivity index (χ0) is 17.9. The Morgan fingerprint density at radius 1 is 1.19 bits per heavy atom. The minimum absolute atomic E-state index is 0.0102. The van der Waals surface area contributed by atoms with E-state index in [4.69, 9.17) is 4.74 Å². The van der Waals surface area contributed by atoms with Crippen LogP contribution in [0.1, 0.15) is 23.0 Å². The Morgan fingerprint density at radius 3 is 2.85 bits per heavy atom. The average Bonchev–Trinajstić information content (AvgIpc) is 3.15. The summed E-state index contributed by atoms with van der Waals surface area (Å²) < 4.78 is 7.40. The predicted molar refractivity (Wildman–Crippen MR) is 98.7 cm³/mol. The van der Waals surface area contributed by atoms with Crippen LogP contribution < -0.4 is 4.74 Å². The van der Waals surface area contributed by atoms with Crippen LogP contribution in [-0.4, -0.2) is 27.5 Å². The molecule has 1 aromatic heterocycles. The topological polar surface area (TPSA) is 47.4 Å². The molecule has 1 aliphatic heterocycles. The average molecular weight is 347 g/mol. The lowest BCUT2D eigenvalue weighted by atomic mass is 10.0. The number of carbonyl (C=O) groups is 1. The van der Waals surface area contributed by atoms with Crippen LogP contribution in [0.2, 0.25) is 0 Å². The molecule has 0 saturated heterocycles. The lowest BCUT2D eigenvalue weighted by Gasteiger charge is -2.36. The number of nitrogens with zero attached hydrogens (tertiary/aromatic N) is 3. The van der Waals surface area contributed by atoms with Gasteiger partial charge in [-0.25, -0.2) is 4.98 Å². The van der Waals surface area contributed by atoms with Crippen molar-refractivity contribution in [2.45, 2.75) is 25.6 Å². The van der Waals surface area contributed by atoms with Crippen LogP contribution in [0.3, 0.4) is 0 Å². The monoisotopic (exact) mass is 347 g/mol. The van der Waals surface area contributed by atoms with E-state index < -0.39 is 0 Å². The fourth-order valence-corrected chi connectivity index (χ4v) is 3.49. The molecule has 3 aromatic rings. The van der Waals surface area contributed by atoms with Gasteiger partial charge in [-0.1, -0.05) is 42.5 Å². The van der Waals surface area contributed by atoms with Gasteiger partial charge in [0.05, 0.1) is 26.1 Å². The zero-order valence-electron chi connectivity index (χ0n) is 14.7. The van der Waals surface area contributed by atoms with Gasteiger partial charge in [0.15, 0.2) is 0 Å². The van der Waals surface area contributed by atoms with Gasteiger partial charge in [-0.05, 0) is 23.3 Å². The second-order valence-corrected chi connectivity index (χ2v) is 6.47. The normalized spacial score (nSPS) is 16.2. The van der Waals surface area contributed by atoms with Gasteiger partial charge in [-0.15, -0.1) is 0 Å². The Hall–Kier alpha value is -3.08. The van der Waals surface area contributed by atoms with Gasteiger partial charge in [-0.3, -0.25) is 4.79 Å². The Bertz CT molecular complexity index is 904. The summed E-state index contributed by atoms with van der Waals surface area (Å²) in [6.45, 7) is 1.25. The van der Waals surface area contributed by atoms with Crippen molar-refractivity contribution in [3.05, 3.63) is 83.9 Å². The Morgan fingerprint density at radius 2 is 2.04 bits per heavy atom. The maximum atomic E-state index is 13.1. The van der Waals surface area contributed by atoms with Gasteiger partial charge in [-0.2, -0.15) is 0 Å². The molecule has 132 valence electrons. The van der Waals surface area contributed by atoms with Gasteiger partial charge in [0.2, 0.25) is 5.91 Å². The fraction of sp³-hybridized carbons (Fsp3) is 0.238. The number of aromatic nitrogens is 2. The standard InChI is InChI=1S/C21H21N3O2/c1-26-18-9-5-6-16(12-18)13-21(25)24-15-20-22-10-11-23(20)14-19(24)17-7-3-2-4-8-17/h2-12,19H,13-15H2,1H3/t19-/m0/s1. The van der Waals surface area contributed by atoms with Gasteiger partial charge in [0.25, 0.3) is 0 Å². The first-order valence-corrected chi connectivity index (χ1v) is 8.72. The first kappa shape index (κ1) is 16.4. The van der Waals surface area contributed by atoms with Crippen molar-refractivity contribution >= 4 is 5.91 Å². The molecule has 1 aliphatic rings. The summed E-state index contributed by atoms with van der Waals surface area (Å²) in [4.78, 5) is 19.5. The molecule has 0 N–H and O–H groups in total. The molecule has 0 unspecified atom stereocenters. The number of amides is 1. The molecular formula is C21H21N3O2. The van der Waals surface area contributed by atoms with E-state index in [1.54, 1.807) is 13.3 Å². The van der Waals surface area contributed by atoms with Crippen molar-refractivity contribution < 1.29 is 9.53 Å². The van der Waals surface area contributed by atoms with E-state index in [0.29, 0.717) is 13.0 Å². The van der Waals surface area contributed by atoms with Crippen LogP contribution in [0.25, 0.3) is 0 Å². The molecule has 0 bridgehead atoms. The molecule has 1 amide bonds. The largest absolute Gasteiger partial charge is 0.497 e. The summed E-state index contributed by atoms with van der Waals surface area (Å²) >= 11 is 0. The highest BCUT2D eigenvalue weighted by atomic mass is 16.5. The Labute approximate surface area is 152 Å². The Kier molecular flexibility index (Phi) is 4.44. The minimum atomic E-state index is 0.0102. The molecule has 2 aromatic carbocycles. The van der Waals surface area contributed by atoms with Crippen molar-refractivity contribution in [2.75, 3.05) is 7.11 Å². The van der Waals surface area contributed by atoms with Gasteiger partial charge >= 0.3 is 0 Å². The van der Waals surface area contributed by atoms with Crippen LogP contribution in [0.5, 0.6) is 5.75 Å². The Balaban J connectivity index is 1.62. The number of rotatable bonds is 4. The van der Waals surface area contributed by atoms with Gasteiger partial charge < -0.3 is 14.2 Å². The molecule has 0 fully saturated rings. The van der Waals surface area contributed by atoms with Crippen LogP contribution in [0.4, 0.5) is 0 Å². The lowest BCUT2D eigenvalue weighted by Crippen LogP contribution is -2.41. The van der Waals surface area contributed by atoms with E-state index in [1.165, 1.54) is 0 Å². The molecule has 2 heterocycles. The third kappa shape index (κ3) is 3.20. The van der Waals surface area contributed by atoms with E-state index in [0.717, 1.165) is 29.2 Å². The molecule has 1 atom stereocenters. The lowest BCUT2D eigenvalue weighted by molar-refractivity contribution is -0.135. The second kappa shape index (κ2) is 7.04. The van der Waals surface area contributed by atoms with E-state index in [9.17, 15) is 4.79 Å². The SMILES string of the molecule is COc1cccc(CC(=O)N2Cc3nccn3C[C@H]2c2ccccc2)c1. The summed E-state index contributed by atoms with van der Waals surface area (Å²) in [5, 5.41) is 0. The summed E-state index contributed by atoms with van der Waals surface area (Å²) in [6.07, 6.45) is 4.13. The van der Waals surface area contributed by atoms with Gasteiger partial charge in [0, 0.05) is 18.9 Å². The molecular weight excluding hydrogens is 326 g/mol. The van der Waals surface area contributed by atoms with Crippen LogP contribution in [0, 0.1) is 0 Å². The smallest absolute Gasteiger partial charge is 0.227 e. The molecule has 5 heteroatoms. The molecule has 0 aliphatic carbocycles. The molecule has 0 saturated carbocycles. The quantitative estimate of drug-likeness (QED) is 0.728. The summed E-state index contributed by atoms with van der Waals surface area (Å²) in [6, 6.07) is 17.9. The van der Waals surface area contributed by atoms with E-state index in [1.807, 2.05) is 53.6 Å². The third-order valence-corrected chi connectivity index (χ3v) is 4.85. The highest BCUT2D eigenvalue weighted by molar-refractivity contribution is 5.79. The molecule has 0 radical (unpaired) electrons. The first-order valence-electron chi connectivity index (χ1n) is 8.72.